The zero-order chi connectivity index (χ0) is 23.8. The van der Waals surface area contributed by atoms with Crippen LogP contribution in [0.25, 0.3) is 5.65 Å². The normalized spacial score (nSPS) is 20.1. The van der Waals surface area contributed by atoms with E-state index < -0.39 is 0 Å². The number of rotatable bonds is 5. The van der Waals surface area contributed by atoms with E-state index >= 15 is 0 Å². The quantitative estimate of drug-likeness (QED) is 0.516. The Morgan fingerprint density at radius 2 is 2.06 bits per heavy atom. The van der Waals surface area contributed by atoms with Gasteiger partial charge in [-0.15, -0.1) is 5.10 Å². The number of imidazole rings is 1. The summed E-state index contributed by atoms with van der Waals surface area (Å²) >= 11 is 0. The second-order valence-corrected chi connectivity index (χ2v) is 8.69. The molecule has 0 unspecified atom stereocenters. The Kier molecular flexibility index (Phi) is 5.65. The number of nitrogens with zero attached hydrogens (tertiary/aromatic N) is 8. The molecule has 0 bridgehead atoms. The number of aliphatic hydroxyl groups excluding tert-OH is 1. The van der Waals surface area contributed by atoms with Gasteiger partial charge in [-0.25, -0.2) is 4.98 Å². The van der Waals surface area contributed by atoms with Crippen molar-refractivity contribution in [1.29, 1.82) is 10.5 Å². The summed E-state index contributed by atoms with van der Waals surface area (Å²) in [7, 11) is 0. The molecule has 2 aromatic heterocycles. The molecule has 4 heterocycles. The summed E-state index contributed by atoms with van der Waals surface area (Å²) in [6.07, 6.45) is 1.97. The Morgan fingerprint density at radius 1 is 1.21 bits per heavy atom. The van der Waals surface area contributed by atoms with Crippen molar-refractivity contribution >= 4 is 28.8 Å². The topological polar surface area (TPSA) is 141 Å². The number of fused-ring (bicyclic) bond motifs is 2. The summed E-state index contributed by atoms with van der Waals surface area (Å²) in [6, 6.07) is 8.37. The summed E-state index contributed by atoms with van der Waals surface area (Å²) < 4.78 is 1.46. The van der Waals surface area contributed by atoms with E-state index in [1.54, 1.807) is 6.07 Å². The van der Waals surface area contributed by atoms with E-state index in [0.29, 0.717) is 41.3 Å². The summed E-state index contributed by atoms with van der Waals surface area (Å²) in [5, 5.41) is 40.1. The molecule has 174 valence electrons. The second kappa shape index (κ2) is 8.78. The van der Waals surface area contributed by atoms with Gasteiger partial charge in [-0.05, 0) is 38.0 Å². The maximum Gasteiger partial charge on any atom is 0.247 e. The molecule has 11 heteroatoms. The fourth-order valence-electron chi connectivity index (χ4n) is 4.87. The van der Waals surface area contributed by atoms with Gasteiger partial charge in [-0.2, -0.15) is 20.0 Å². The van der Waals surface area contributed by atoms with Crippen molar-refractivity contribution in [2.45, 2.75) is 32.4 Å². The molecule has 3 N–H and O–H groups in total. The Bertz CT molecular complexity index is 1320. The number of piperazine rings is 1. The lowest BCUT2D eigenvalue weighted by molar-refractivity contribution is 0.173. The molecule has 2 fully saturated rings. The lowest BCUT2D eigenvalue weighted by atomic mass is 10.0. The first-order valence-corrected chi connectivity index (χ1v) is 11.4. The van der Waals surface area contributed by atoms with Gasteiger partial charge in [0, 0.05) is 50.1 Å². The molecule has 2 saturated heterocycles. The number of nitriles is 2. The second-order valence-electron chi connectivity index (χ2n) is 8.69. The predicted octanol–water partition coefficient (Wildman–Crippen LogP) is 1.61. The van der Waals surface area contributed by atoms with Crippen LogP contribution in [0.4, 0.5) is 23.1 Å². The summed E-state index contributed by atoms with van der Waals surface area (Å²) in [5.41, 5.74) is 4.00. The maximum absolute atomic E-state index is 10.1. The van der Waals surface area contributed by atoms with E-state index in [9.17, 15) is 15.6 Å². The van der Waals surface area contributed by atoms with Crippen LogP contribution in [0.5, 0.6) is 0 Å². The Hall–Kier alpha value is -3.93. The smallest absolute Gasteiger partial charge is 0.247 e. The first kappa shape index (κ1) is 21.9. The van der Waals surface area contributed by atoms with Crippen LogP contribution in [0.1, 0.15) is 30.2 Å². The van der Waals surface area contributed by atoms with Gasteiger partial charge in [-0.3, -0.25) is 4.90 Å². The first-order valence-electron chi connectivity index (χ1n) is 11.4. The molecule has 34 heavy (non-hydrogen) atoms. The van der Waals surface area contributed by atoms with Gasteiger partial charge in [0.2, 0.25) is 5.95 Å². The third kappa shape index (κ3) is 3.85. The standard InChI is InChI=1S/C23H26N10O/c1-3-26-21-22-27-11-17(10-25)33(22)30-23(29-21)28-19-6-15(9-24)7-20(14(19)2)32-5-4-31-13-18(34)8-16(31)12-32/h6-7,11,16,18,34H,3-5,8,12-13H2,1-2H3,(H2,26,28,29,30)/t16-,18+/m0/s1. The molecule has 1 aromatic carbocycles. The molecule has 0 spiro atoms. The lowest BCUT2D eigenvalue weighted by Gasteiger charge is -2.39. The molecule has 5 rings (SSSR count). The van der Waals surface area contributed by atoms with Crippen LogP contribution in [-0.2, 0) is 0 Å². The van der Waals surface area contributed by atoms with Gasteiger partial charge < -0.3 is 20.6 Å². The molecular weight excluding hydrogens is 432 g/mol. The van der Waals surface area contributed by atoms with E-state index in [1.807, 2.05) is 19.9 Å². The molecule has 11 nitrogen and oxygen atoms in total. The number of hydrogen-bond acceptors (Lipinski definition) is 10. The number of aromatic nitrogens is 4. The molecule has 0 aliphatic carbocycles. The molecule has 2 atom stereocenters. The minimum absolute atomic E-state index is 0.270. The number of hydrogen-bond donors (Lipinski definition) is 3. The molecule has 0 amide bonds. The highest BCUT2D eigenvalue weighted by atomic mass is 16.3. The third-order valence-corrected chi connectivity index (χ3v) is 6.51. The highest BCUT2D eigenvalue weighted by Gasteiger charge is 2.35. The minimum atomic E-state index is -0.270. The summed E-state index contributed by atoms with van der Waals surface area (Å²) in [6.45, 7) is 7.84. The van der Waals surface area contributed by atoms with Gasteiger partial charge >= 0.3 is 0 Å². The first-order chi connectivity index (χ1) is 16.5. The maximum atomic E-state index is 10.1. The Labute approximate surface area is 197 Å². The van der Waals surface area contributed by atoms with Gasteiger partial charge in [0.15, 0.2) is 17.2 Å². The number of anilines is 4. The van der Waals surface area contributed by atoms with Crippen LogP contribution in [0.2, 0.25) is 0 Å². The number of benzene rings is 1. The highest BCUT2D eigenvalue weighted by molar-refractivity contribution is 5.73. The zero-order valence-corrected chi connectivity index (χ0v) is 19.2. The summed E-state index contributed by atoms with van der Waals surface area (Å²) in [5.74, 6) is 0.817. The fraction of sp³-hybridized carbons (Fsp3) is 0.435. The third-order valence-electron chi connectivity index (χ3n) is 6.51. The van der Waals surface area contributed by atoms with Crippen LogP contribution in [0.15, 0.2) is 18.3 Å². The Morgan fingerprint density at radius 3 is 2.82 bits per heavy atom. The van der Waals surface area contributed by atoms with Crippen molar-refractivity contribution in [3.8, 4) is 12.1 Å². The van der Waals surface area contributed by atoms with Gasteiger partial charge in [0.1, 0.15) is 6.07 Å². The van der Waals surface area contributed by atoms with Crippen molar-refractivity contribution in [3.05, 3.63) is 35.2 Å². The van der Waals surface area contributed by atoms with Crippen molar-refractivity contribution in [3.63, 3.8) is 0 Å². The summed E-state index contributed by atoms with van der Waals surface area (Å²) in [4.78, 5) is 13.5. The van der Waals surface area contributed by atoms with Crippen LogP contribution in [0.3, 0.4) is 0 Å². The molecular formula is C23H26N10O. The minimum Gasteiger partial charge on any atom is -0.392 e. The zero-order valence-electron chi connectivity index (χ0n) is 19.2. The average Bonchev–Trinajstić information content (AvgIpc) is 3.42. The lowest BCUT2D eigenvalue weighted by Crippen LogP contribution is -2.50. The van der Waals surface area contributed by atoms with Gasteiger partial charge in [0.25, 0.3) is 0 Å². The van der Waals surface area contributed by atoms with Gasteiger partial charge in [0.05, 0.1) is 23.9 Å². The van der Waals surface area contributed by atoms with Crippen LogP contribution >= 0.6 is 0 Å². The van der Waals surface area contributed by atoms with Crippen molar-refractivity contribution < 1.29 is 5.11 Å². The Balaban J connectivity index is 1.51. The highest BCUT2D eigenvalue weighted by Crippen LogP contribution is 2.33. The molecule has 2 aliphatic rings. The molecule has 0 radical (unpaired) electrons. The van der Waals surface area contributed by atoms with E-state index in [1.165, 1.54) is 10.7 Å². The van der Waals surface area contributed by atoms with Crippen LogP contribution < -0.4 is 15.5 Å². The molecule has 2 aliphatic heterocycles. The van der Waals surface area contributed by atoms with Crippen LogP contribution in [0, 0.1) is 29.6 Å². The average molecular weight is 459 g/mol. The molecule has 3 aromatic rings. The molecule has 0 saturated carbocycles. The van der Waals surface area contributed by atoms with Crippen molar-refractivity contribution in [1.82, 2.24) is 24.5 Å². The predicted molar refractivity (Wildman–Crippen MR) is 127 cm³/mol. The van der Waals surface area contributed by atoms with E-state index in [4.69, 9.17) is 0 Å². The fourth-order valence-corrected chi connectivity index (χ4v) is 4.87. The van der Waals surface area contributed by atoms with Crippen LogP contribution in [-0.4, -0.2) is 74.5 Å². The van der Waals surface area contributed by atoms with Crippen molar-refractivity contribution in [2.24, 2.45) is 0 Å². The number of nitrogens with one attached hydrogen (secondary N) is 2. The largest absolute Gasteiger partial charge is 0.392 e. The SMILES string of the molecule is CCNc1nc(Nc2cc(C#N)cc(N3CCN4C[C@H](O)C[C@H]4C3)c2C)nn2c(C#N)cnc12. The van der Waals surface area contributed by atoms with E-state index in [-0.39, 0.29) is 6.10 Å². The van der Waals surface area contributed by atoms with Crippen molar-refractivity contribution in [2.75, 3.05) is 48.3 Å². The van der Waals surface area contributed by atoms with Gasteiger partial charge in [-0.1, -0.05) is 0 Å². The number of aliphatic hydroxyl groups is 1. The monoisotopic (exact) mass is 458 g/mol. The van der Waals surface area contributed by atoms with E-state index in [2.05, 4.69) is 47.6 Å². The van der Waals surface area contributed by atoms with E-state index in [0.717, 1.165) is 49.5 Å².